The molecule has 0 rings (SSSR count). The van der Waals surface area contributed by atoms with Gasteiger partial charge in [-0.05, 0) is 27.2 Å². The van der Waals surface area contributed by atoms with Crippen molar-refractivity contribution in [2.45, 2.75) is 39.2 Å². The maximum Gasteiger partial charge on any atom is 0.410 e. The molecule has 0 atom stereocenters. The minimum Gasteiger partial charge on any atom is -0.444 e. The summed E-state index contributed by atoms with van der Waals surface area (Å²) < 4.78 is 5.21. The summed E-state index contributed by atoms with van der Waals surface area (Å²) in [6.45, 7) is 6.44. The lowest BCUT2D eigenvalue weighted by atomic mass is 10.2. The predicted octanol–water partition coefficient (Wildman–Crippen LogP) is 1.62. The third kappa shape index (κ3) is 8.03. The highest BCUT2D eigenvalue weighted by atomic mass is 16.6. The van der Waals surface area contributed by atoms with Gasteiger partial charge in [0.05, 0.1) is 6.07 Å². The molecule has 0 aromatic carbocycles. The second kappa shape index (κ2) is 7.62. The number of rotatable bonds is 5. The van der Waals surface area contributed by atoms with Crippen LogP contribution in [0.5, 0.6) is 0 Å². The quantitative estimate of drug-likeness (QED) is 0.760. The van der Waals surface area contributed by atoms with Crippen LogP contribution < -0.4 is 0 Å². The van der Waals surface area contributed by atoms with Crippen LogP contribution in [0.25, 0.3) is 0 Å². The highest BCUT2D eigenvalue weighted by Gasteiger charge is 2.19. The zero-order valence-corrected chi connectivity index (χ0v) is 12.4. The van der Waals surface area contributed by atoms with E-state index in [9.17, 15) is 9.59 Å². The van der Waals surface area contributed by atoms with Gasteiger partial charge in [0.25, 0.3) is 0 Å². The zero-order chi connectivity index (χ0) is 15.1. The molecular weight excluding hydrogens is 246 g/mol. The normalized spacial score (nSPS) is 10.5. The van der Waals surface area contributed by atoms with Gasteiger partial charge in [0.1, 0.15) is 12.0 Å². The Labute approximate surface area is 114 Å². The molecule has 0 fully saturated rings. The van der Waals surface area contributed by atoms with E-state index in [1.807, 2.05) is 26.8 Å². The zero-order valence-electron chi connectivity index (χ0n) is 12.4. The molecule has 6 nitrogen and oxygen atoms in total. The lowest BCUT2D eigenvalue weighted by Gasteiger charge is -2.25. The van der Waals surface area contributed by atoms with Crippen molar-refractivity contribution in [3.63, 3.8) is 0 Å². The summed E-state index contributed by atoms with van der Waals surface area (Å²) in [5, 5.41) is 8.41. The van der Waals surface area contributed by atoms with Crippen LogP contribution in [0.3, 0.4) is 0 Å². The van der Waals surface area contributed by atoms with E-state index in [0.29, 0.717) is 19.5 Å². The Bertz CT molecular complexity index is 355. The van der Waals surface area contributed by atoms with E-state index >= 15 is 0 Å². The van der Waals surface area contributed by atoms with E-state index in [2.05, 4.69) is 0 Å². The number of nitriles is 1. The number of carbonyl (C=O) groups is 2. The van der Waals surface area contributed by atoms with Crippen molar-refractivity contribution in [2.75, 3.05) is 27.2 Å². The number of hydrogen-bond acceptors (Lipinski definition) is 4. The minimum absolute atomic E-state index is 0.113. The molecule has 108 valence electrons. The lowest BCUT2D eigenvalue weighted by molar-refractivity contribution is -0.128. The van der Waals surface area contributed by atoms with Crippen molar-refractivity contribution >= 4 is 12.0 Å². The van der Waals surface area contributed by atoms with Crippen LogP contribution in [0.4, 0.5) is 4.79 Å². The second-order valence-corrected chi connectivity index (χ2v) is 5.41. The molecule has 0 spiro atoms. The van der Waals surface area contributed by atoms with E-state index < -0.39 is 5.60 Å². The van der Waals surface area contributed by atoms with Crippen LogP contribution in [0, 0.1) is 11.3 Å². The molecule has 2 amide bonds. The molecule has 0 bridgehead atoms. The first-order valence-corrected chi connectivity index (χ1v) is 6.22. The number of ether oxygens (including phenoxy) is 1. The van der Waals surface area contributed by atoms with Gasteiger partial charge in [-0.1, -0.05) is 0 Å². The highest BCUT2D eigenvalue weighted by molar-refractivity contribution is 5.77. The third-order valence-electron chi connectivity index (χ3n) is 2.35. The molecule has 0 saturated carbocycles. The summed E-state index contributed by atoms with van der Waals surface area (Å²) in [5.41, 5.74) is -0.509. The molecule has 6 heteroatoms. The van der Waals surface area contributed by atoms with E-state index in [4.69, 9.17) is 10.00 Å². The number of carbonyl (C=O) groups excluding carboxylic acids is 2. The molecule has 0 radical (unpaired) electrons. The maximum atomic E-state index is 11.7. The van der Waals surface area contributed by atoms with Gasteiger partial charge >= 0.3 is 6.09 Å². The summed E-state index contributed by atoms with van der Waals surface area (Å²) in [5.74, 6) is -0.206. The van der Waals surface area contributed by atoms with Crippen LogP contribution in [-0.2, 0) is 9.53 Å². The van der Waals surface area contributed by atoms with Gasteiger partial charge in [-0.25, -0.2) is 4.79 Å². The van der Waals surface area contributed by atoms with Crippen molar-refractivity contribution in [1.82, 2.24) is 9.80 Å². The molecule has 19 heavy (non-hydrogen) atoms. The fourth-order valence-corrected chi connectivity index (χ4v) is 1.30. The summed E-state index contributed by atoms with van der Waals surface area (Å²) >= 11 is 0. The SMILES string of the molecule is CN(CCCN(C)C(=O)OC(C)(C)C)C(=O)CC#N. The molecule has 0 heterocycles. The van der Waals surface area contributed by atoms with Crippen LogP contribution in [0.2, 0.25) is 0 Å². The topological polar surface area (TPSA) is 73.6 Å². The molecule has 0 aliphatic heterocycles. The number of hydrogen-bond donors (Lipinski definition) is 0. The Morgan fingerprint density at radius 3 is 2.16 bits per heavy atom. The average Bonchev–Trinajstić information content (AvgIpc) is 2.26. The van der Waals surface area contributed by atoms with Gasteiger partial charge in [0.2, 0.25) is 5.91 Å². The smallest absolute Gasteiger partial charge is 0.410 e. The fraction of sp³-hybridized carbons (Fsp3) is 0.769. The van der Waals surface area contributed by atoms with E-state index in [-0.39, 0.29) is 18.4 Å². The Morgan fingerprint density at radius 2 is 1.68 bits per heavy atom. The minimum atomic E-state index is -0.509. The molecule has 0 aromatic heterocycles. The molecule has 0 aromatic rings. The summed E-state index contributed by atoms with van der Waals surface area (Å²) in [6.07, 6.45) is 0.153. The van der Waals surface area contributed by atoms with Gasteiger partial charge in [-0.3, -0.25) is 4.79 Å². The van der Waals surface area contributed by atoms with Crippen molar-refractivity contribution in [3.05, 3.63) is 0 Å². The van der Waals surface area contributed by atoms with Gasteiger partial charge < -0.3 is 14.5 Å². The standard InChI is InChI=1S/C13H23N3O3/c1-13(2,3)19-12(18)16(5)10-6-9-15(4)11(17)7-8-14/h6-7,9-10H2,1-5H3. The third-order valence-corrected chi connectivity index (χ3v) is 2.35. The maximum absolute atomic E-state index is 11.7. The van der Waals surface area contributed by atoms with Crippen LogP contribution >= 0.6 is 0 Å². The van der Waals surface area contributed by atoms with E-state index in [1.54, 1.807) is 14.1 Å². The fourth-order valence-electron chi connectivity index (χ4n) is 1.30. The first-order chi connectivity index (χ1) is 8.67. The van der Waals surface area contributed by atoms with Gasteiger partial charge in [-0.15, -0.1) is 0 Å². The van der Waals surface area contributed by atoms with Crippen LogP contribution in [0.15, 0.2) is 0 Å². The molecule has 0 aliphatic carbocycles. The summed E-state index contributed by atoms with van der Waals surface area (Å²) in [6, 6.07) is 1.82. The first-order valence-electron chi connectivity index (χ1n) is 6.22. The number of nitrogens with zero attached hydrogens (tertiary/aromatic N) is 3. The monoisotopic (exact) mass is 269 g/mol. The molecular formula is C13H23N3O3. The van der Waals surface area contributed by atoms with Crippen LogP contribution in [-0.4, -0.2) is 54.6 Å². The molecule has 0 aliphatic rings. The lowest BCUT2D eigenvalue weighted by Crippen LogP contribution is -2.36. The predicted molar refractivity (Wildman–Crippen MR) is 71.3 cm³/mol. The van der Waals surface area contributed by atoms with Crippen LogP contribution in [0.1, 0.15) is 33.6 Å². The highest BCUT2D eigenvalue weighted by Crippen LogP contribution is 2.09. The second-order valence-electron chi connectivity index (χ2n) is 5.41. The Hall–Kier alpha value is -1.77. The van der Waals surface area contributed by atoms with Crippen molar-refractivity contribution < 1.29 is 14.3 Å². The average molecular weight is 269 g/mol. The van der Waals surface area contributed by atoms with Gasteiger partial charge in [0, 0.05) is 27.2 Å². The summed E-state index contributed by atoms with van der Waals surface area (Å²) in [7, 11) is 3.30. The van der Waals surface area contributed by atoms with Crippen molar-refractivity contribution in [1.29, 1.82) is 5.26 Å². The van der Waals surface area contributed by atoms with Crippen molar-refractivity contribution in [3.8, 4) is 6.07 Å². The summed E-state index contributed by atoms with van der Waals surface area (Å²) in [4.78, 5) is 26.0. The molecule has 0 N–H and O–H groups in total. The first kappa shape index (κ1) is 17.2. The van der Waals surface area contributed by atoms with E-state index in [1.165, 1.54) is 9.80 Å². The molecule has 0 unspecified atom stereocenters. The largest absolute Gasteiger partial charge is 0.444 e. The Morgan fingerprint density at radius 1 is 1.16 bits per heavy atom. The van der Waals surface area contributed by atoms with Gasteiger partial charge in [-0.2, -0.15) is 5.26 Å². The molecule has 0 saturated heterocycles. The van der Waals surface area contributed by atoms with Gasteiger partial charge in [0.15, 0.2) is 0 Å². The Kier molecular flexibility index (Phi) is 6.91. The van der Waals surface area contributed by atoms with E-state index in [0.717, 1.165) is 0 Å². The number of amides is 2. The van der Waals surface area contributed by atoms with Crippen molar-refractivity contribution in [2.24, 2.45) is 0 Å². The Balaban J connectivity index is 3.98.